The lowest BCUT2D eigenvalue weighted by atomic mass is 9.95. The van der Waals surface area contributed by atoms with Crippen LogP contribution in [-0.2, 0) is 13.0 Å². The summed E-state index contributed by atoms with van der Waals surface area (Å²) < 4.78 is 2.01. The van der Waals surface area contributed by atoms with E-state index in [4.69, 9.17) is 4.98 Å². The fourth-order valence-electron chi connectivity index (χ4n) is 4.51. The monoisotopic (exact) mass is 363 g/mol. The van der Waals surface area contributed by atoms with Crippen LogP contribution in [0.3, 0.4) is 0 Å². The molecule has 2 aromatic heterocycles. The number of carbonyl (C=O) groups is 1. The Morgan fingerprint density at radius 3 is 2.85 bits per heavy atom. The maximum absolute atomic E-state index is 13.0. The maximum atomic E-state index is 13.0. The molecule has 27 heavy (non-hydrogen) atoms. The molecule has 0 saturated carbocycles. The van der Waals surface area contributed by atoms with Crippen LogP contribution in [0.5, 0.6) is 0 Å². The van der Waals surface area contributed by atoms with Gasteiger partial charge in [-0.15, -0.1) is 0 Å². The minimum atomic E-state index is 0.150. The zero-order valence-electron chi connectivity index (χ0n) is 15.7. The number of nitrogens with zero attached hydrogens (tertiary/aromatic N) is 4. The van der Waals surface area contributed by atoms with Crippen molar-refractivity contribution < 1.29 is 4.79 Å². The van der Waals surface area contributed by atoms with Crippen LogP contribution >= 0.6 is 0 Å². The summed E-state index contributed by atoms with van der Waals surface area (Å²) in [5, 5.41) is 4.42. The van der Waals surface area contributed by atoms with Crippen LogP contribution in [0.1, 0.15) is 59.0 Å². The Balaban J connectivity index is 1.30. The van der Waals surface area contributed by atoms with E-state index in [2.05, 4.69) is 35.2 Å². The third kappa shape index (κ3) is 2.83. The van der Waals surface area contributed by atoms with Crippen molar-refractivity contribution in [3.63, 3.8) is 0 Å². The molecule has 3 aromatic rings. The zero-order chi connectivity index (χ0) is 18.4. The van der Waals surface area contributed by atoms with E-state index < -0.39 is 0 Å². The normalized spacial score (nSPS) is 18.0. The summed E-state index contributed by atoms with van der Waals surface area (Å²) in [7, 11) is 0. The van der Waals surface area contributed by atoms with Gasteiger partial charge in [-0.25, -0.2) is 4.98 Å². The van der Waals surface area contributed by atoms with Crippen LogP contribution in [0, 0.1) is 6.92 Å². The van der Waals surface area contributed by atoms with E-state index in [0.717, 1.165) is 79.9 Å². The van der Waals surface area contributed by atoms with Crippen LogP contribution in [0.2, 0.25) is 0 Å². The van der Waals surface area contributed by atoms with Crippen LogP contribution in [0.15, 0.2) is 24.4 Å². The van der Waals surface area contributed by atoms with Gasteiger partial charge in [0.25, 0.3) is 5.91 Å². The fourth-order valence-corrected chi connectivity index (χ4v) is 4.51. The molecule has 1 aromatic carbocycles. The summed E-state index contributed by atoms with van der Waals surface area (Å²) in [6.07, 6.45) is 6.96. The number of nitrogens with one attached hydrogen (secondary N) is 1. The molecule has 5 rings (SSSR count). The largest absolute Gasteiger partial charge is 0.342 e. The average molecular weight is 363 g/mol. The highest BCUT2D eigenvalue weighted by Crippen LogP contribution is 2.30. The highest BCUT2D eigenvalue weighted by Gasteiger charge is 2.29. The first-order chi connectivity index (χ1) is 13.2. The number of carbonyl (C=O) groups excluding carboxylic acids is 1. The molecule has 1 fully saturated rings. The molecule has 0 atom stereocenters. The molecule has 0 bridgehead atoms. The van der Waals surface area contributed by atoms with Crippen molar-refractivity contribution in [1.29, 1.82) is 0 Å². The SMILES string of the molecule is Cc1cccc2[nH]c(C3CCN(C(=O)c4cnn5c4CCCC5)CC3)nc12. The number of imidazole rings is 1. The Kier molecular flexibility index (Phi) is 3.99. The smallest absolute Gasteiger partial charge is 0.257 e. The van der Waals surface area contributed by atoms with Crippen LogP contribution < -0.4 is 0 Å². The van der Waals surface area contributed by atoms with Gasteiger partial charge in [0.15, 0.2) is 0 Å². The predicted molar refractivity (Wildman–Crippen MR) is 104 cm³/mol. The number of hydrogen-bond acceptors (Lipinski definition) is 3. The van der Waals surface area contributed by atoms with E-state index in [0.29, 0.717) is 5.92 Å². The number of likely N-dealkylation sites (tertiary alicyclic amines) is 1. The molecule has 2 aliphatic heterocycles. The van der Waals surface area contributed by atoms with Gasteiger partial charge in [-0.1, -0.05) is 12.1 Å². The molecule has 6 heteroatoms. The minimum absolute atomic E-state index is 0.150. The Morgan fingerprint density at radius 1 is 1.19 bits per heavy atom. The van der Waals surface area contributed by atoms with Crippen molar-refractivity contribution >= 4 is 16.9 Å². The summed E-state index contributed by atoms with van der Waals surface area (Å²) in [5.41, 5.74) is 5.31. The summed E-state index contributed by atoms with van der Waals surface area (Å²) in [6, 6.07) is 6.25. The lowest BCUT2D eigenvalue weighted by molar-refractivity contribution is 0.0709. The van der Waals surface area contributed by atoms with Gasteiger partial charge < -0.3 is 9.88 Å². The van der Waals surface area contributed by atoms with Crippen molar-refractivity contribution in [3.05, 3.63) is 47.0 Å². The van der Waals surface area contributed by atoms with Crippen molar-refractivity contribution in [2.24, 2.45) is 0 Å². The minimum Gasteiger partial charge on any atom is -0.342 e. The molecule has 140 valence electrons. The number of para-hydroxylation sites is 1. The standard InChI is InChI=1S/C21H25N5O/c1-14-5-4-6-17-19(14)24-20(23-17)15-8-11-25(12-9-15)21(27)16-13-22-26-10-3-2-7-18(16)26/h4-6,13,15H,2-3,7-12H2,1H3,(H,23,24). The second-order valence-electron chi connectivity index (χ2n) is 7.84. The molecule has 1 N–H and O–H groups in total. The van der Waals surface area contributed by atoms with Gasteiger partial charge in [0.1, 0.15) is 5.82 Å². The van der Waals surface area contributed by atoms with Crippen LogP contribution in [0.25, 0.3) is 11.0 Å². The summed E-state index contributed by atoms with van der Waals surface area (Å²) in [6.45, 7) is 4.60. The summed E-state index contributed by atoms with van der Waals surface area (Å²) in [5.74, 6) is 1.60. The van der Waals surface area contributed by atoms with Crippen molar-refractivity contribution in [2.45, 2.75) is 51.5 Å². The fraction of sp³-hybridized carbons (Fsp3) is 0.476. The Labute approximate surface area is 158 Å². The number of piperidine rings is 1. The zero-order valence-corrected chi connectivity index (χ0v) is 15.7. The van der Waals surface area contributed by atoms with Crippen molar-refractivity contribution in [2.75, 3.05) is 13.1 Å². The number of aromatic amines is 1. The number of rotatable bonds is 2. The third-order valence-electron chi connectivity index (χ3n) is 6.11. The molecule has 6 nitrogen and oxygen atoms in total. The highest BCUT2D eigenvalue weighted by molar-refractivity contribution is 5.95. The van der Waals surface area contributed by atoms with Gasteiger partial charge in [0.2, 0.25) is 0 Å². The average Bonchev–Trinajstić information content (AvgIpc) is 3.33. The lowest BCUT2D eigenvalue weighted by Crippen LogP contribution is -2.38. The van der Waals surface area contributed by atoms with E-state index >= 15 is 0 Å². The van der Waals surface area contributed by atoms with Gasteiger partial charge in [-0.3, -0.25) is 9.48 Å². The number of benzene rings is 1. The molecular formula is C21H25N5O. The Bertz CT molecular complexity index is 993. The van der Waals surface area contributed by atoms with Crippen molar-refractivity contribution in [3.8, 4) is 0 Å². The first kappa shape index (κ1) is 16.5. The molecule has 1 saturated heterocycles. The predicted octanol–water partition coefficient (Wildman–Crippen LogP) is 3.42. The number of fused-ring (bicyclic) bond motifs is 2. The molecule has 0 spiro atoms. The van der Waals surface area contributed by atoms with Gasteiger partial charge >= 0.3 is 0 Å². The van der Waals surface area contributed by atoms with Gasteiger partial charge in [0, 0.05) is 25.6 Å². The summed E-state index contributed by atoms with van der Waals surface area (Å²) >= 11 is 0. The van der Waals surface area contributed by atoms with Gasteiger partial charge in [-0.2, -0.15) is 5.10 Å². The first-order valence-corrected chi connectivity index (χ1v) is 10.00. The number of aromatic nitrogens is 4. The number of H-pyrrole nitrogens is 1. The van der Waals surface area contributed by atoms with Crippen molar-refractivity contribution in [1.82, 2.24) is 24.6 Å². The van der Waals surface area contributed by atoms with E-state index in [1.54, 1.807) is 6.20 Å². The molecular weight excluding hydrogens is 338 g/mol. The molecule has 1 amide bonds. The second-order valence-corrected chi connectivity index (χ2v) is 7.84. The van der Waals surface area contributed by atoms with E-state index in [1.807, 2.05) is 9.58 Å². The molecule has 0 unspecified atom stereocenters. The summed E-state index contributed by atoms with van der Waals surface area (Å²) in [4.78, 5) is 23.3. The van der Waals surface area contributed by atoms with E-state index in [9.17, 15) is 4.79 Å². The van der Waals surface area contributed by atoms with Crippen LogP contribution in [-0.4, -0.2) is 43.6 Å². The topological polar surface area (TPSA) is 66.8 Å². The number of hydrogen-bond donors (Lipinski definition) is 1. The Morgan fingerprint density at radius 2 is 2.04 bits per heavy atom. The molecule has 0 radical (unpaired) electrons. The van der Waals surface area contributed by atoms with Crippen LogP contribution in [0.4, 0.5) is 0 Å². The Hall–Kier alpha value is -2.63. The first-order valence-electron chi connectivity index (χ1n) is 10.00. The third-order valence-corrected chi connectivity index (χ3v) is 6.11. The lowest BCUT2D eigenvalue weighted by Gasteiger charge is -2.31. The molecule has 2 aliphatic rings. The molecule has 0 aliphatic carbocycles. The van der Waals surface area contributed by atoms with E-state index in [-0.39, 0.29) is 5.91 Å². The van der Waals surface area contributed by atoms with Gasteiger partial charge in [0.05, 0.1) is 28.5 Å². The second kappa shape index (κ2) is 6.51. The van der Waals surface area contributed by atoms with E-state index in [1.165, 1.54) is 5.56 Å². The highest BCUT2D eigenvalue weighted by atomic mass is 16.2. The van der Waals surface area contributed by atoms with Gasteiger partial charge in [-0.05, 0) is 50.7 Å². The number of amides is 1. The quantitative estimate of drug-likeness (QED) is 0.759. The number of aryl methyl sites for hydroxylation is 2. The molecule has 4 heterocycles. The maximum Gasteiger partial charge on any atom is 0.257 e.